The summed E-state index contributed by atoms with van der Waals surface area (Å²) in [6, 6.07) is 3.57. The van der Waals surface area contributed by atoms with Crippen molar-refractivity contribution in [3.63, 3.8) is 0 Å². The average molecular weight is 282 g/mol. The van der Waals surface area contributed by atoms with Crippen LogP contribution in [0.5, 0.6) is 0 Å². The van der Waals surface area contributed by atoms with E-state index in [0.717, 1.165) is 5.69 Å². The van der Waals surface area contributed by atoms with Gasteiger partial charge in [-0.15, -0.1) is 0 Å². The van der Waals surface area contributed by atoms with E-state index < -0.39 is 0 Å². The quantitative estimate of drug-likeness (QED) is 0.653. The van der Waals surface area contributed by atoms with Crippen LogP contribution in [0, 0.1) is 6.92 Å². The van der Waals surface area contributed by atoms with Crippen molar-refractivity contribution in [1.29, 1.82) is 0 Å². The molecule has 5 nitrogen and oxygen atoms in total. The van der Waals surface area contributed by atoms with Crippen molar-refractivity contribution in [2.24, 2.45) is 5.73 Å². The topological polar surface area (TPSA) is 68.5 Å². The molecule has 1 aliphatic rings. The van der Waals surface area contributed by atoms with Gasteiger partial charge < -0.3 is 15.4 Å². The van der Waals surface area contributed by atoms with Gasteiger partial charge in [0, 0.05) is 36.1 Å². The molecular formula is C13H16ClN3O2. The molecule has 2 heterocycles. The van der Waals surface area contributed by atoms with Gasteiger partial charge in [0.15, 0.2) is 0 Å². The lowest BCUT2D eigenvalue weighted by molar-refractivity contribution is -0.129. The molecule has 6 heteroatoms. The maximum Gasteiger partial charge on any atom is 0.248 e. The normalized spacial score (nSPS) is 16.5. The maximum absolute atomic E-state index is 12.0. The maximum atomic E-state index is 12.0. The second-order valence-corrected chi connectivity index (χ2v) is 4.69. The summed E-state index contributed by atoms with van der Waals surface area (Å²) in [5.41, 5.74) is 7.62. The Bertz CT molecular complexity index is 511. The van der Waals surface area contributed by atoms with E-state index in [1.165, 1.54) is 6.08 Å². The van der Waals surface area contributed by atoms with E-state index in [2.05, 4.69) is 4.98 Å². The van der Waals surface area contributed by atoms with E-state index >= 15 is 0 Å². The molecule has 1 fully saturated rings. The second kappa shape index (κ2) is 6.04. The highest BCUT2D eigenvalue weighted by molar-refractivity contribution is 6.31. The van der Waals surface area contributed by atoms with Crippen LogP contribution in [0.15, 0.2) is 18.2 Å². The van der Waals surface area contributed by atoms with Crippen LogP contribution in [0.4, 0.5) is 0 Å². The predicted octanol–water partition coefficient (Wildman–Crippen LogP) is 1.20. The highest BCUT2D eigenvalue weighted by Crippen LogP contribution is 2.19. The Hall–Kier alpha value is -1.59. The van der Waals surface area contributed by atoms with Crippen molar-refractivity contribution >= 4 is 23.2 Å². The van der Waals surface area contributed by atoms with Crippen LogP contribution in [0.2, 0.25) is 5.15 Å². The van der Waals surface area contributed by atoms with Gasteiger partial charge in [-0.2, -0.15) is 0 Å². The number of amides is 1. The Morgan fingerprint density at radius 3 is 2.79 bits per heavy atom. The number of hydrogen-bond donors (Lipinski definition) is 1. The molecule has 0 unspecified atom stereocenters. The van der Waals surface area contributed by atoms with Gasteiger partial charge in [0.05, 0.1) is 13.2 Å². The summed E-state index contributed by atoms with van der Waals surface area (Å²) < 4.78 is 5.19. The van der Waals surface area contributed by atoms with Gasteiger partial charge in [-0.05, 0) is 19.1 Å². The number of carbonyl (C=O) groups excluding carboxylic acids is 1. The molecule has 1 aromatic rings. The van der Waals surface area contributed by atoms with Crippen LogP contribution >= 0.6 is 11.6 Å². The van der Waals surface area contributed by atoms with Gasteiger partial charge >= 0.3 is 0 Å². The first-order chi connectivity index (χ1) is 9.08. The summed E-state index contributed by atoms with van der Waals surface area (Å²) in [5.74, 6) is -0.127. The van der Waals surface area contributed by atoms with E-state index in [1.807, 2.05) is 6.92 Å². The molecule has 1 saturated heterocycles. The molecule has 0 bridgehead atoms. The molecule has 0 aromatic carbocycles. The smallest absolute Gasteiger partial charge is 0.248 e. The summed E-state index contributed by atoms with van der Waals surface area (Å²) in [6.07, 6.45) is 1.39. The van der Waals surface area contributed by atoms with Crippen LogP contribution in [0.25, 0.3) is 5.70 Å². The molecule has 2 rings (SSSR count). The van der Waals surface area contributed by atoms with E-state index in [-0.39, 0.29) is 5.91 Å². The van der Waals surface area contributed by atoms with Crippen LogP contribution in [-0.2, 0) is 9.53 Å². The van der Waals surface area contributed by atoms with Crippen molar-refractivity contribution < 1.29 is 9.53 Å². The first-order valence-electron chi connectivity index (χ1n) is 6.05. The van der Waals surface area contributed by atoms with E-state index in [0.29, 0.717) is 42.7 Å². The molecule has 1 aromatic heterocycles. The number of aromatic nitrogens is 1. The summed E-state index contributed by atoms with van der Waals surface area (Å²) in [7, 11) is 0. The lowest BCUT2D eigenvalue weighted by Gasteiger charge is -2.25. The third-order valence-corrected chi connectivity index (χ3v) is 3.19. The molecule has 102 valence electrons. The van der Waals surface area contributed by atoms with Crippen LogP contribution in [0.3, 0.4) is 0 Å². The standard InChI is InChI=1S/C13H16ClN3O2/c1-9-2-3-10(13(14)16-9)11(15)8-12(18)17-4-6-19-7-5-17/h2-3,8H,4-7,15H2,1H3/b11-8-. The first-order valence-corrected chi connectivity index (χ1v) is 6.43. The number of carbonyl (C=O) groups is 1. The molecule has 19 heavy (non-hydrogen) atoms. The number of hydrogen-bond acceptors (Lipinski definition) is 4. The Morgan fingerprint density at radius 1 is 1.47 bits per heavy atom. The minimum absolute atomic E-state index is 0.127. The third kappa shape index (κ3) is 3.45. The number of ether oxygens (including phenoxy) is 1. The van der Waals surface area contributed by atoms with Gasteiger partial charge in [0.2, 0.25) is 5.91 Å². The average Bonchev–Trinajstić information content (AvgIpc) is 2.39. The number of rotatable bonds is 2. The lowest BCUT2D eigenvalue weighted by Crippen LogP contribution is -2.40. The summed E-state index contributed by atoms with van der Waals surface area (Å²) in [4.78, 5) is 17.8. The van der Waals surface area contributed by atoms with Gasteiger partial charge in [-0.1, -0.05) is 11.6 Å². The molecular weight excluding hydrogens is 266 g/mol. The van der Waals surface area contributed by atoms with Crippen molar-refractivity contribution in [1.82, 2.24) is 9.88 Å². The number of nitrogens with zero attached hydrogens (tertiary/aromatic N) is 2. The Labute approximate surface area is 117 Å². The van der Waals surface area contributed by atoms with Crippen molar-refractivity contribution in [2.45, 2.75) is 6.92 Å². The second-order valence-electron chi connectivity index (χ2n) is 4.33. The molecule has 1 aliphatic heterocycles. The molecule has 2 N–H and O–H groups in total. The van der Waals surface area contributed by atoms with Gasteiger partial charge in [-0.25, -0.2) is 4.98 Å². The molecule has 0 saturated carbocycles. The SMILES string of the molecule is Cc1ccc(/C(N)=C/C(=O)N2CCOCC2)c(Cl)n1. The molecule has 0 spiro atoms. The van der Waals surface area contributed by atoms with Crippen LogP contribution < -0.4 is 5.73 Å². The highest BCUT2D eigenvalue weighted by atomic mass is 35.5. The zero-order valence-corrected chi connectivity index (χ0v) is 11.5. The minimum Gasteiger partial charge on any atom is -0.398 e. The molecule has 0 radical (unpaired) electrons. The molecule has 0 aliphatic carbocycles. The zero-order chi connectivity index (χ0) is 13.8. The van der Waals surface area contributed by atoms with E-state index in [9.17, 15) is 4.79 Å². The number of morpholine rings is 1. The number of halogens is 1. The molecule has 1 amide bonds. The van der Waals surface area contributed by atoms with Crippen molar-refractivity contribution in [2.75, 3.05) is 26.3 Å². The van der Waals surface area contributed by atoms with E-state index in [4.69, 9.17) is 22.1 Å². The first kappa shape index (κ1) is 13.8. The van der Waals surface area contributed by atoms with Gasteiger partial charge in [0.1, 0.15) is 5.15 Å². The Balaban J connectivity index is 2.15. The summed E-state index contributed by atoms with van der Waals surface area (Å²) in [6.45, 7) is 4.14. The van der Waals surface area contributed by atoms with Crippen LogP contribution in [0.1, 0.15) is 11.3 Å². The van der Waals surface area contributed by atoms with Crippen molar-refractivity contribution in [3.8, 4) is 0 Å². The van der Waals surface area contributed by atoms with Crippen molar-refractivity contribution in [3.05, 3.63) is 34.6 Å². The number of pyridine rings is 1. The highest BCUT2D eigenvalue weighted by Gasteiger charge is 2.16. The van der Waals surface area contributed by atoms with E-state index in [1.54, 1.807) is 17.0 Å². The third-order valence-electron chi connectivity index (χ3n) is 2.90. The molecule has 0 atom stereocenters. The number of nitrogens with two attached hydrogens (primary N) is 1. The minimum atomic E-state index is -0.127. The van der Waals surface area contributed by atoms with Crippen LogP contribution in [-0.4, -0.2) is 42.1 Å². The lowest BCUT2D eigenvalue weighted by atomic mass is 10.2. The number of aryl methyl sites for hydroxylation is 1. The fourth-order valence-electron chi connectivity index (χ4n) is 1.83. The monoisotopic (exact) mass is 281 g/mol. The summed E-state index contributed by atoms with van der Waals surface area (Å²) >= 11 is 6.02. The fraction of sp³-hybridized carbons (Fsp3) is 0.385. The Morgan fingerprint density at radius 2 is 2.16 bits per heavy atom. The largest absolute Gasteiger partial charge is 0.398 e. The van der Waals surface area contributed by atoms with Gasteiger partial charge in [-0.3, -0.25) is 4.79 Å². The predicted molar refractivity (Wildman–Crippen MR) is 73.5 cm³/mol. The Kier molecular flexibility index (Phi) is 4.39. The van der Waals surface area contributed by atoms with Gasteiger partial charge in [0.25, 0.3) is 0 Å². The summed E-state index contributed by atoms with van der Waals surface area (Å²) in [5, 5.41) is 0.309. The zero-order valence-electron chi connectivity index (χ0n) is 10.7. The fourth-order valence-corrected chi connectivity index (χ4v) is 2.13.